The molecule has 19 heavy (non-hydrogen) atoms. The van der Waals surface area contributed by atoms with Crippen molar-refractivity contribution in [2.24, 2.45) is 0 Å². The van der Waals surface area contributed by atoms with E-state index in [1.54, 1.807) is 16.8 Å². The van der Waals surface area contributed by atoms with Gasteiger partial charge in [0.2, 0.25) is 0 Å². The first kappa shape index (κ1) is 13.1. The van der Waals surface area contributed by atoms with Gasteiger partial charge in [-0.1, -0.05) is 0 Å². The van der Waals surface area contributed by atoms with Crippen molar-refractivity contribution in [2.75, 3.05) is 5.73 Å². The topological polar surface area (TPSA) is 67.6 Å². The zero-order chi connectivity index (χ0) is 14.2. The zero-order valence-electron chi connectivity index (χ0n) is 11.1. The fourth-order valence-corrected chi connectivity index (χ4v) is 1.86. The maximum atomic E-state index is 12.9. The zero-order valence-corrected chi connectivity index (χ0v) is 11.1. The van der Waals surface area contributed by atoms with Gasteiger partial charge in [-0.05, 0) is 45.0 Å². The van der Waals surface area contributed by atoms with Gasteiger partial charge in [0, 0.05) is 5.56 Å². The van der Waals surface area contributed by atoms with Crippen LogP contribution in [-0.4, -0.2) is 9.78 Å². The first-order valence-corrected chi connectivity index (χ1v) is 5.89. The molecular formula is C14H15FN4. The van der Waals surface area contributed by atoms with Crippen LogP contribution in [0.5, 0.6) is 0 Å². The molecule has 4 nitrogen and oxygen atoms in total. The fourth-order valence-electron chi connectivity index (χ4n) is 1.86. The lowest BCUT2D eigenvalue weighted by molar-refractivity contribution is 0.362. The molecule has 0 radical (unpaired) electrons. The van der Waals surface area contributed by atoms with E-state index in [0.717, 1.165) is 0 Å². The average Bonchev–Trinajstić information content (AvgIpc) is 2.67. The second-order valence-corrected chi connectivity index (χ2v) is 5.31. The molecule has 0 unspecified atom stereocenters. The van der Waals surface area contributed by atoms with Gasteiger partial charge in [-0.25, -0.2) is 9.07 Å². The molecule has 0 amide bonds. The number of rotatable bonds is 1. The van der Waals surface area contributed by atoms with E-state index < -0.39 is 0 Å². The van der Waals surface area contributed by atoms with Gasteiger partial charge in [0.15, 0.2) is 0 Å². The molecule has 0 atom stereocenters. The Morgan fingerprint density at radius 2 is 1.84 bits per heavy atom. The molecule has 0 spiro atoms. The van der Waals surface area contributed by atoms with E-state index in [0.29, 0.717) is 22.6 Å². The minimum absolute atomic E-state index is 0.321. The third-order valence-corrected chi connectivity index (χ3v) is 2.79. The highest BCUT2D eigenvalue weighted by Gasteiger charge is 2.23. The van der Waals surface area contributed by atoms with E-state index in [9.17, 15) is 9.65 Å². The summed E-state index contributed by atoms with van der Waals surface area (Å²) in [6, 6.07) is 7.92. The molecule has 2 N–H and O–H groups in total. The Morgan fingerprint density at radius 3 is 2.32 bits per heavy atom. The minimum Gasteiger partial charge on any atom is -0.383 e. The molecule has 0 aliphatic heterocycles. The number of hydrogen-bond acceptors (Lipinski definition) is 3. The summed E-state index contributed by atoms with van der Waals surface area (Å²) in [4.78, 5) is 0. The van der Waals surface area contributed by atoms with Crippen LogP contribution < -0.4 is 5.73 Å². The molecule has 0 bridgehead atoms. The number of nitrogen functional groups attached to an aromatic ring is 1. The number of nitriles is 1. The summed E-state index contributed by atoms with van der Waals surface area (Å²) >= 11 is 0. The summed E-state index contributed by atoms with van der Waals surface area (Å²) in [7, 11) is 0. The Hall–Kier alpha value is -2.35. The quantitative estimate of drug-likeness (QED) is 0.855. The summed E-state index contributed by atoms with van der Waals surface area (Å²) in [5.41, 5.74) is 7.12. The molecule has 1 heterocycles. The maximum Gasteiger partial charge on any atom is 0.141 e. The lowest BCUT2D eigenvalue weighted by Gasteiger charge is -2.20. The first-order chi connectivity index (χ1) is 8.84. The van der Waals surface area contributed by atoms with Crippen molar-refractivity contribution >= 4 is 5.82 Å². The Labute approximate surface area is 111 Å². The van der Waals surface area contributed by atoms with E-state index in [-0.39, 0.29) is 11.4 Å². The van der Waals surface area contributed by atoms with Crippen molar-refractivity contribution in [3.8, 4) is 17.3 Å². The lowest BCUT2D eigenvalue weighted by Crippen LogP contribution is -2.24. The molecule has 0 aliphatic carbocycles. The van der Waals surface area contributed by atoms with Crippen molar-refractivity contribution in [1.82, 2.24) is 9.78 Å². The average molecular weight is 258 g/mol. The van der Waals surface area contributed by atoms with Crippen molar-refractivity contribution < 1.29 is 4.39 Å². The summed E-state index contributed by atoms with van der Waals surface area (Å²) in [6.07, 6.45) is 0. The van der Waals surface area contributed by atoms with E-state index >= 15 is 0 Å². The summed E-state index contributed by atoms with van der Waals surface area (Å²) in [5, 5.41) is 13.6. The van der Waals surface area contributed by atoms with Crippen molar-refractivity contribution in [3.05, 3.63) is 35.6 Å². The highest BCUT2D eigenvalue weighted by Crippen LogP contribution is 2.30. The Kier molecular flexibility index (Phi) is 3.03. The summed E-state index contributed by atoms with van der Waals surface area (Å²) in [5.74, 6) is -0.000177. The van der Waals surface area contributed by atoms with Crippen LogP contribution >= 0.6 is 0 Å². The van der Waals surface area contributed by atoms with Gasteiger partial charge >= 0.3 is 0 Å². The number of anilines is 1. The van der Waals surface area contributed by atoms with Crippen molar-refractivity contribution in [2.45, 2.75) is 26.3 Å². The predicted octanol–water partition coefficient (Wildman–Crippen LogP) is 2.90. The Morgan fingerprint density at radius 1 is 1.26 bits per heavy atom. The van der Waals surface area contributed by atoms with Gasteiger partial charge in [-0.15, -0.1) is 0 Å². The van der Waals surface area contributed by atoms with E-state index in [2.05, 4.69) is 11.2 Å². The number of hydrogen-bond donors (Lipinski definition) is 1. The highest BCUT2D eigenvalue weighted by atomic mass is 19.1. The molecule has 2 rings (SSSR count). The van der Waals surface area contributed by atoms with Gasteiger partial charge in [0.25, 0.3) is 0 Å². The van der Waals surface area contributed by atoms with Gasteiger partial charge in [-0.2, -0.15) is 10.4 Å². The largest absolute Gasteiger partial charge is 0.383 e. The molecular weight excluding hydrogens is 243 g/mol. The predicted molar refractivity (Wildman–Crippen MR) is 71.7 cm³/mol. The first-order valence-electron chi connectivity index (χ1n) is 5.89. The smallest absolute Gasteiger partial charge is 0.141 e. The molecule has 98 valence electrons. The Bertz CT molecular complexity index is 642. The van der Waals surface area contributed by atoms with Gasteiger partial charge < -0.3 is 5.73 Å². The number of nitrogens with two attached hydrogens (primary N) is 1. The molecule has 1 aromatic carbocycles. The number of halogens is 1. The SMILES string of the molecule is CC(C)(C)n1nc(-c2ccc(F)cc2)c(C#N)c1N. The number of aromatic nitrogens is 2. The molecule has 1 aromatic heterocycles. The minimum atomic E-state index is -0.328. The van der Waals surface area contributed by atoms with Crippen LogP contribution in [0.3, 0.4) is 0 Å². The molecule has 0 saturated carbocycles. The van der Waals surface area contributed by atoms with Crippen molar-refractivity contribution in [3.63, 3.8) is 0 Å². The molecule has 0 saturated heterocycles. The normalized spacial score (nSPS) is 11.3. The third-order valence-electron chi connectivity index (χ3n) is 2.79. The molecule has 5 heteroatoms. The van der Waals surface area contributed by atoms with Crippen LogP contribution in [0.25, 0.3) is 11.3 Å². The van der Waals surface area contributed by atoms with Crippen LogP contribution in [-0.2, 0) is 5.54 Å². The second kappa shape index (κ2) is 4.39. The van der Waals surface area contributed by atoms with E-state index in [1.165, 1.54) is 12.1 Å². The lowest BCUT2D eigenvalue weighted by atomic mass is 10.1. The van der Waals surface area contributed by atoms with Crippen LogP contribution in [0.2, 0.25) is 0 Å². The summed E-state index contributed by atoms with van der Waals surface area (Å²) < 4.78 is 14.6. The molecule has 0 fully saturated rings. The monoisotopic (exact) mass is 258 g/mol. The van der Waals surface area contributed by atoms with E-state index in [1.807, 2.05) is 20.8 Å². The number of benzene rings is 1. The second-order valence-electron chi connectivity index (χ2n) is 5.31. The maximum absolute atomic E-state index is 12.9. The van der Waals surface area contributed by atoms with Gasteiger partial charge in [0.1, 0.15) is 29.0 Å². The molecule has 2 aromatic rings. The number of nitrogens with zero attached hydrogens (tertiary/aromatic N) is 3. The highest BCUT2D eigenvalue weighted by molar-refractivity contribution is 5.72. The van der Waals surface area contributed by atoms with Crippen LogP contribution in [0.1, 0.15) is 26.3 Å². The Balaban J connectivity index is 2.65. The van der Waals surface area contributed by atoms with Crippen molar-refractivity contribution in [1.29, 1.82) is 5.26 Å². The van der Waals surface area contributed by atoms with E-state index in [4.69, 9.17) is 5.73 Å². The van der Waals surface area contributed by atoms with Crippen LogP contribution in [0, 0.1) is 17.1 Å². The van der Waals surface area contributed by atoms with Gasteiger partial charge in [-0.3, -0.25) is 0 Å². The standard InChI is InChI=1S/C14H15FN4/c1-14(2,3)19-13(17)11(8-16)12(18-19)9-4-6-10(15)7-5-9/h4-7H,17H2,1-3H3. The molecule has 0 aliphatic rings. The van der Waals surface area contributed by atoms with Crippen LogP contribution in [0.15, 0.2) is 24.3 Å². The fraction of sp³-hybridized carbons (Fsp3) is 0.286. The third kappa shape index (κ3) is 2.29. The van der Waals surface area contributed by atoms with Crippen LogP contribution in [0.4, 0.5) is 10.2 Å². The summed E-state index contributed by atoms with van der Waals surface area (Å²) in [6.45, 7) is 5.85. The van der Waals surface area contributed by atoms with Gasteiger partial charge in [0.05, 0.1) is 5.54 Å².